The van der Waals surface area contributed by atoms with Crippen molar-refractivity contribution in [2.75, 3.05) is 32.4 Å². The second-order valence-corrected chi connectivity index (χ2v) is 9.83. The SMILES string of the molecule is CN=C(NCCS(=O)(=O)c1ccccc1F)NCc1ccc(CN2CCCCC2)cc1. The largest absolute Gasteiger partial charge is 0.355 e. The number of hydrogen-bond acceptors (Lipinski definition) is 4. The Kier molecular flexibility index (Phi) is 8.43. The van der Waals surface area contributed by atoms with Crippen LogP contribution in [0.2, 0.25) is 0 Å². The molecule has 0 spiro atoms. The fourth-order valence-corrected chi connectivity index (χ4v) is 4.90. The van der Waals surface area contributed by atoms with E-state index in [2.05, 4.69) is 44.8 Å². The van der Waals surface area contributed by atoms with Gasteiger partial charge in [0, 0.05) is 26.7 Å². The number of sulfone groups is 1. The zero-order valence-corrected chi connectivity index (χ0v) is 18.8. The van der Waals surface area contributed by atoms with E-state index in [1.54, 1.807) is 7.05 Å². The maximum atomic E-state index is 13.8. The monoisotopic (exact) mass is 446 g/mol. The van der Waals surface area contributed by atoms with Crippen molar-refractivity contribution in [3.63, 3.8) is 0 Å². The molecule has 0 amide bonds. The van der Waals surface area contributed by atoms with E-state index in [1.807, 2.05) is 0 Å². The van der Waals surface area contributed by atoms with E-state index in [4.69, 9.17) is 0 Å². The van der Waals surface area contributed by atoms with E-state index in [0.29, 0.717) is 12.5 Å². The second-order valence-electron chi connectivity index (χ2n) is 7.76. The van der Waals surface area contributed by atoms with Crippen LogP contribution in [0.3, 0.4) is 0 Å². The van der Waals surface area contributed by atoms with Crippen molar-refractivity contribution in [2.24, 2.45) is 4.99 Å². The number of nitrogens with zero attached hydrogens (tertiary/aromatic N) is 2. The van der Waals surface area contributed by atoms with Crippen LogP contribution in [0.25, 0.3) is 0 Å². The van der Waals surface area contributed by atoms with E-state index in [-0.39, 0.29) is 17.2 Å². The standard InChI is InChI=1S/C23H31FN4O2S/c1-25-23(26-13-16-31(29,30)22-8-4-3-7-21(22)24)27-17-19-9-11-20(12-10-19)18-28-14-5-2-6-15-28/h3-4,7-12H,2,5-6,13-18H2,1H3,(H2,25,26,27). The first kappa shape index (κ1) is 23.2. The summed E-state index contributed by atoms with van der Waals surface area (Å²) in [5.41, 5.74) is 2.43. The van der Waals surface area contributed by atoms with Gasteiger partial charge in [0.2, 0.25) is 0 Å². The maximum absolute atomic E-state index is 13.8. The third kappa shape index (κ3) is 7.04. The molecule has 0 unspecified atom stereocenters. The molecular weight excluding hydrogens is 415 g/mol. The molecule has 168 valence electrons. The van der Waals surface area contributed by atoms with Crippen LogP contribution in [-0.4, -0.2) is 51.7 Å². The molecule has 0 saturated carbocycles. The summed E-state index contributed by atoms with van der Waals surface area (Å²) in [6, 6.07) is 13.9. The summed E-state index contributed by atoms with van der Waals surface area (Å²) in [6.07, 6.45) is 3.91. The summed E-state index contributed by atoms with van der Waals surface area (Å²) in [4.78, 5) is 6.35. The molecule has 1 saturated heterocycles. The summed E-state index contributed by atoms with van der Waals surface area (Å²) in [5, 5.41) is 6.16. The second kappa shape index (κ2) is 11.2. The molecule has 2 N–H and O–H groups in total. The number of hydrogen-bond donors (Lipinski definition) is 2. The molecule has 1 aliphatic heterocycles. The average molecular weight is 447 g/mol. The predicted molar refractivity (Wildman–Crippen MR) is 122 cm³/mol. The molecule has 0 aliphatic carbocycles. The summed E-state index contributed by atoms with van der Waals surface area (Å²) in [7, 11) is -2.08. The quantitative estimate of drug-likeness (QED) is 0.482. The number of nitrogens with one attached hydrogen (secondary N) is 2. The van der Waals surface area contributed by atoms with Gasteiger partial charge < -0.3 is 10.6 Å². The van der Waals surface area contributed by atoms with Crippen molar-refractivity contribution >= 4 is 15.8 Å². The molecule has 2 aromatic rings. The molecule has 0 aromatic heterocycles. The lowest BCUT2D eigenvalue weighted by Gasteiger charge is -2.26. The first-order chi connectivity index (χ1) is 15.0. The molecule has 0 radical (unpaired) electrons. The van der Waals surface area contributed by atoms with Crippen LogP contribution >= 0.6 is 0 Å². The van der Waals surface area contributed by atoms with Crippen molar-refractivity contribution < 1.29 is 12.8 Å². The minimum Gasteiger partial charge on any atom is -0.355 e. The molecular formula is C23H31FN4O2S. The summed E-state index contributed by atoms with van der Waals surface area (Å²) < 4.78 is 38.4. The normalized spacial score (nSPS) is 15.6. The van der Waals surface area contributed by atoms with Crippen LogP contribution in [0.1, 0.15) is 30.4 Å². The first-order valence-electron chi connectivity index (χ1n) is 10.7. The van der Waals surface area contributed by atoms with Crippen LogP contribution in [0, 0.1) is 5.82 Å². The van der Waals surface area contributed by atoms with Gasteiger partial charge in [-0.1, -0.05) is 42.8 Å². The van der Waals surface area contributed by atoms with Crippen LogP contribution in [-0.2, 0) is 22.9 Å². The lowest BCUT2D eigenvalue weighted by molar-refractivity contribution is 0.221. The van der Waals surface area contributed by atoms with E-state index in [1.165, 1.54) is 56.1 Å². The Morgan fingerprint density at radius 3 is 2.35 bits per heavy atom. The number of piperidine rings is 1. The van der Waals surface area contributed by atoms with Crippen molar-refractivity contribution in [1.29, 1.82) is 0 Å². The first-order valence-corrected chi connectivity index (χ1v) is 12.3. The molecule has 31 heavy (non-hydrogen) atoms. The number of halogens is 1. The number of aliphatic imine (C=N–C) groups is 1. The maximum Gasteiger partial charge on any atom is 0.191 e. The minimum atomic E-state index is -3.70. The molecule has 0 atom stereocenters. The highest BCUT2D eigenvalue weighted by atomic mass is 32.2. The highest BCUT2D eigenvalue weighted by Gasteiger charge is 2.18. The molecule has 8 heteroatoms. The third-order valence-corrected chi connectivity index (χ3v) is 7.14. The van der Waals surface area contributed by atoms with Gasteiger partial charge in [-0.05, 0) is 49.2 Å². The topological polar surface area (TPSA) is 73.8 Å². The van der Waals surface area contributed by atoms with Gasteiger partial charge in [0.05, 0.1) is 5.75 Å². The van der Waals surface area contributed by atoms with Crippen molar-refractivity contribution in [3.05, 3.63) is 65.5 Å². The predicted octanol–water partition coefficient (Wildman–Crippen LogP) is 2.95. The lowest BCUT2D eigenvalue weighted by Crippen LogP contribution is -2.39. The van der Waals surface area contributed by atoms with Crippen LogP contribution < -0.4 is 10.6 Å². The number of benzene rings is 2. The van der Waals surface area contributed by atoms with Gasteiger partial charge in [-0.3, -0.25) is 9.89 Å². The molecule has 1 fully saturated rings. The Bertz CT molecular complexity index is 971. The highest BCUT2D eigenvalue weighted by Crippen LogP contribution is 2.15. The molecule has 6 nitrogen and oxygen atoms in total. The van der Waals surface area contributed by atoms with Crippen molar-refractivity contribution in [3.8, 4) is 0 Å². The lowest BCUT2D eigenvalue weighted by atomic mass is 10.1. The highest BCUT2D eigenvalue weighted by molar-refractivity contribution is 7.91. The minimum absolute atomic E-state index is 0.130. The molecule has 2 aromatic carbocycles. The Hall–Kier alpha value is -2.45. The Morgan fingerprint density at radius 1 is 1.00 bits per heavy atom. The van der Waals surface area contributed by atoms with E-state index >= 15 is 0 Å². The van der Waals surface area contributed by atoms with Crippen molar-refractivity contribution in [2.45, 2.75) is 37.2 Å². The van der Waals surface area contributed by atoms with E-state index < -0.39 is 15.7 Å². The van der Waals surface area contributed by atoms with Gasteiger partial charge in [0.25, 0.3) is 0 Å². The van der Waals surface area contributed by atoms with E-state index in [9.17, 15) is 12.8 Å². The molecule has 3 rings (SSSR count). The summed E-state index contributed by atoms with van der Waals surface area (Å²) in [6.45, 7) is 4.05. The fraction of sp³-hybridized carbons (Fsp3) is 0.435. The molecule has 0 bridgehead atoms. The fourth-order valence-electron chi connectivity index (χ4n) is 3.66. The zero-order chi connectivity index (χ0) is 22.1. The van der Waals surface area contributed by atoms with Crippen LogP contribution in [0.4, 0.5) is 4.39 Å². The number of likely N-dealkylation sites (tertiary alicyclic amines) is 1. The smallest absolute Gasteiger partial charge is 0.191 e. The van der Waals surface area contributed by atoms with Gasteiger partial charge in [-0.15, -0.1) is 0 Å². The molecule has 1 heterocycles. The Morgan fingerprint density at radius 2 is 1.68 bits per heavy atom. The number of guanidine groups is 1. The Labute approximate surface area is 184 Å². The van der Waals surface area contributed by atoms with Crippen molar-refractivity contribution in [1.82, 2.24) is 15.5 Å². The Balaban J connectivity index is 1.44. The average Bonchev–Trinajstić information content (AvgIpc) is 2.78. The van der Waals surface area contributed by atoms with Gasteiger partial charge in [0.15, 0.2) is 15.8 Å². The van der Waals surface area contributed by atoms with Gasteiger partial charge in [-0.25, -0.2) is 12.8 Å². The van der Waals surface area contributed by atoms with Gasteiger partial charge in [-0.2, -0.15) is 0 Å². The summed E-state index contributed by atoms with van der Waals surface area (Å²) >= 11 is 0. The summed E-state index contributed by atoms with van der Waals surface area (Å²) in [5.74, 6) is -0.449. The van der Waals surface area contributed by atoms with Crippen LogP contribution in [0.5, 0.6) is 0 Å². The third-order valence-electron chi connectivity index (χ3n) is 5.40. The van der Waals surface area contributed by atoms with Gasteiger partial charge in [0.1, 0.15) is 10.7 Å². The van der Waals surface area contributed by atoms with Crippen LogP contribution in [0.15, 0.2) is 58.4 Å². The number of rotatable bonds is 8. The zero-order valence-electron chi connectivity index (χ0n) is 18.0. The molecule has 1 aliphatic rings. The van der Waals surface area contributed by atoms with E-state index in [0.717, 1.165) is 18.2 Å². The van der Waals surface area contributed by atoms with Gasteiger partial charge >= 0.3 is 0 Å².